The summed E-state index contributed by atoms with van der Waals surface area (Å²) >= 11 is 2.64. The van der Waals surface area contributed by atoms with Gasteiger partial charge in [-0.3, -0.25) is 14.9 Å². The van der Waals surface area contributed by atoms with Gasteiger partial charge in [-0.2, -0.15) is 0 Å². The molecule has 6 nitrogen and oxygen atoms in total. The first-order valence-corrected chi connectivity index (χ1v) is 8.12. The fourth-order valence-corrected chi connectivity index (χ4v) is 2.91. The second kappa shape index (κ2) is 6.77. The van der Waals surface area contributed by atoms with Gasteiger partial charge in [-0.15, -0.1) is 21.5 Å². The van der Waals surface area contributed by atoms with Crippen molar-refractivity contribution in [2.75, 3.05) is 5.32 Å². The van der Waals surface area contributed by atoms with Crippen molar-refractivity contribution in [3.63, 3.8) is 0 Å². The van der Waals surface area contributed by atoms with Gasteiger partial charge in [0.2, 0.25) is 11.0 Å². The van der Waals surface area contributed by atoms with Gasteiger partial charge in [0.1, 0.15) is 11.0 Å². The van der Waals surface area contributed by atoms with Crippen LogP contribution in [0.2, 0.25) is 0 Å². The zero-order valence-corrected chi connectivity index (χ0v) is 13.5. The smallest absolute Gasteiger partial charge is 0.262 e. The van der Waals surface area contributed by atoms with E-state index >= 15 is 0 Å². The number of hydrogen-bond donors (Lipinski definition) is 2. The zero-order chi connectivity index (χ0) is 15.4. The average molecular weight is 324 g/mol. The number of nitrogens with one attached hydrogen (secondary N) is 2. The highest BCUT2D eigenvalue weighted by molar-refractivity contribution is 7.15. The van der Waals surface area contributed by atoms with Crippen LogP contribution in [-0.2, 0) is 4.79 Å². The quantitative estimate of drug-likeness (QED) is 0.884. The lowest BCUT2D eigenvalue weighted by Crippen LogP contribution is -2.46. The molecule has 0 bridgehead atoms. The molecule has 0 saturated carbocycles. The summed E-state index contributed by atoms with van der Waals surface area (Å²) in [5.41, 5.74) is 0. The Labute approximate surface area is 130 Å². The minimum absolute atomic E-state index is 0.0390. The Kier molecular flexibility index (Phi) is 5.03. The summed E-state index contributed by atoms with van der Waals surface area (Å²) in [5.74, 6) is -0.568. The third-order valence-electron chi connectivity index (χ3n) is 2.74. The van der Waals surface area contributed by atoms with Gasteiger partial charge < -0.3 is 5.32 Å². The predicted molar refractivity (Wildman–Crippen MR) is 83.7 cm³/mol. The molecule has 0 radical (unpaired) electrons. The fourth-order valence-electron chi connectivity index (χ4n) is 1.69. The van der Waals surface area contributed by atoms with Crippen LogP contribution < -0.4 is 10.6 Å². The number of aromatic nitrogens is 2. The summed E-state index contributed by atoms with van der Waals surface area (Å²) in [4.78, 5) is 24.9. The number of amides is 2. The van der Waals surface area contributed by atoms with Gasteiger partial charge >= 0.3 is 0 Å². The minimum atomic E-state index is -0.621. The molecule has 2 heterocycles. The van der Waals surface area contributed by atoms with Crippen LogP contribution in [0.5, 0.6) is 0 Å². The number of carbonyl (C=O) groups is 2. The number of nitrogens with zero attached hydrogens (tertiary/aromatic N) is 2. The lowest BCUT2D eigenvalue weighted by atomic mass is 10.0. The van der Waals surface area contributed by atoms with Crippen molar-refractivity contribution in [3.8, 4) is 0 Å². The Morgan fingerprint density at radius 1 is 1.29 bits per heavy atom. The van der Waals surface area contributed by atoms with E-state index in [1.807, 2.05) is 26.2 Å². The van der Waals surface area contributed by atoms with Gasteiger partial charge in [0.25, 0.3) is 5.91 Å². The van der Waals surface area contributed by atoms with E-state index < -0.39 is 6.04 Å². The summed E-state index contributed by atoms with van der Waals surface area (Å²) in [6, 6.07) is 2.90. The Balaban J connectivity index is 2.04. The van der Waals surface area contributed by atoms with Crippen molar-refractivity contribution in [2.45, 2.75) is 26.8 Å². The van der Waals surface area contributed by atoms with Crippen LogP contribution in [0, 0.1) is 12.8 Å². The van der Waals surface area contributed by atoms with E-state index in [1.165, 1.54) is 22.7 Å². The van der Waals surface area contributed by atoms with Gasteiger partial charge in [-0.1, -0.05) is 31.3 Å². The second-order valence-corrected chi connectivity index (χ2v) is 6.92. The molecule has 112 valence electrons. The molecular formula is C13H16N4O2S2. The van der Waals surface area contributed by atoms with Crippen LogP contribution in [0.3, 0.4) is 0 Å². The van der Waals surface area contributed by atoms with Gasteiger partial charge in [0.05, 0.1) is 4.88 Å². The maximum Gasteiger partial charge on any atom is 0.262 e. The van der Waals surface area contributed by atoms with Crippen LogP contribution in [-0.4, -0.2) is 28.1 Å². The molecule has 2 aromatic heterocycles. The number of thiophene rings is 1. The van der Waals surface area contributed by atoms with Crippen molar-refractivity contribution in [2.24, 2.45) is 5.92 Å². The number of hydrogen-bond acceptors (Lipinski definition) is 6. The van der Waals surface area contributed by atoms with Crippen molar-refractivity contribution in [3.05, 3.63) is 27.4 Å². The third kappa shape index (κ3) is 4.08. The largest absolute Gasteiger partial charge is 0.339 e. The van der Waals surface area contributed by atoms with E-state index in [2.05, 4.69) is 20.8 Å². The van der Waals surface area contributed by atoms with Crippen molar-refractivity contribution in [1.29, 1.82) is 0 Å². The maximum atomic E-state index is 12.3. The molecule has 2 N–H and O–H groups in total. The lowest BCUT2D eigenvalue weighted by Gasteiger charge is -2.20. The summed E-state index contributed by atoms with van der Waals surface area (Å²) in [6.07, 6.45) is 0. The number of anilines is 1. The molecule has 2 rings (SSSR count). The van der Waals surface area contributed by atoms with Crippen LogP contribution >= 0.6 is 22.7 Å². The van der Waals surface area contributed by atoms with E-state index in [0.29, 0.717) is 10.0 Å². The first-order chi connectivity index (χ1) is 9.97. The molecule has 0 aromatic carbocycles. The predicted octanol–water partition coefficient (Wildman–Crippen LogP) is 2.30. The molecule has 1 unspecified atom stereocenters. The van der Waals surface area contributed by atoms with Gasteiger partial charge in [-0.25, -0.2) is 0 Å². The monoisotopic (exact) mass is 324 g/mol. The summed E-state index contributed by atoms with van der Waals surface area (Å²) < 4.78 is 0. The molecule has 1 atom stereocenters. The zero-order valence-electron chi connectivity index (χ0n) is 11.9. The molecule has 2 aromatic rings. The van der Waals surface area contributed by atoms with Crippen LogP contribution in [0.4, 0.5) is 5.13 Å². The van der Waals surface area contributed by atoms with Crippen LogP contribution in [0.1, 0.15) is 28.5 Å². The second-order valence-electron chi connectivity index (χ2n) is 4.79. The van der Waals surface area contributed by atoms with Gasteiger partial charge in [-0.05, 0) is 24.3 Å². The first kappa shape index (κ1) is 15.6. The molecule has 0 spiro atoms. The van der Waals surface area contributed by atoms with E-state index in [-0.39, 0.29) is 17.7 Å². The molecule has 0 aliphatic carbocycles. The summed E-state index contributed by atoms with van der Waals surface area (Å²) in [7, 11) is 0. The van der Waals surface area contributed by atoms with Gasteiger partial charge in [0, 0.05) is 0 Å². The topological polar surface area (TPSA) is 84.0 Å². The first-order valence-electron chi connectivity index (χ1n) is 6.42. The normalized spacial score (nSPS) is 12.2. The molecule has 8 heteroatoms. The highest BCUT2D eigenvalue weighted by Gasteiger charge is 2.25. The van der Waals surface area contributed by atoms with Crippen molar-refractivity contribution < 1.29 is 9.59 Å². The Hall–Kier alpha value is -1.80. The summed E-state index contributed by atoms with van der Waals surface area (Å²) in [6.45, 7) is 5.57. The minimum Gasteiger partial charge on any atom is -0.339 e. The number of carbonyl (C=O) groups excluding carboxylic acids is 2. The standard InChI is InChI=1S/C13H16N4O2S2/c1-7(2)10(14-11(18)9-5-4-6-20-9)12(19)15-13-17-16-8(3)21-13/h4-7,10H,1-3H3,(H,14,18)(H,15,17,19). The molecule has 0 saturated heterocycles. The lowest BCUT2D eigenvalue weighted by molar-refractivity contribution is -0.118. The van der Waals surface area contributed by atoms with E-state index in [0.717, 1.165) is 5.01 Å². The molecular weight excluding hydrogens is 308 g/mol. The molecule has 2 amide bonds. The van der Waals surface area contributed by atoms with Crippen LogP contribution in [0.25, 0.3) is 0 Å². The highest BCUT2D eigenvalue weighted by atomic mass is 32.1. The highest BCUT2D eigenvalue weighted by Crippen LogP contribution is 2.16. The molecule has 21 heavy (non-hydrogen) atoms. The SMILES string of the molecule is Cc1nnc(NC(=O)C(NC(=O)c2cccs2)C(C)C)s1. The third-order valence-corrected chi connectivity index (χ3v) is 4.36. The molecule has 0 fully saturated rings. The molecule has 0 aliphatic heterocycles. The van der Waals surface area contributed by atoms with E-state index in [1.54, 1.807) is 12.1 Å². The molecule has 0 aliphatic rings. The van der Waals surface area contributed by atoms with Crippen LogP contribution in [0.15, 0.2) is 17.5 Å². The average Bonchev–Trinajstić information content (AvgIpc) is 3.06. The number of aryl methyl sites for hydroxylation is 1. The maximum absolute atomic E-state index is 12.3. The van der Waals surface area contributed by atoms with Crippen molar-refractivity contribution in [1.82, 2.24) is 15.5 Å². The van der Waals surface area contributed by atoms with Crippen molar-refractivity contribution >= 4 is 39.6 Å². The van der Waals surface area contributed by atoms with Gasteiger partial charge in [0.15, 0.2) is 0 Å². The number of rotatable bonds is 5. The fraction of sp³-hybridized carbons (Fsp3) is 0.385. The Morgan fingerprint density at radius 2 is 2.05 bits per heavy atom. The van der Waals surface area contributed by atoms with E-state index in [9.17, 15) is 9.59 Å². The van der Waals surface area contributed by atoms with E-state index in [4.69, 9.17) is 0 Å². The summed E-state index contributed by atoms with van der Waals surface area (Å²) in [5, 5.41) is 16.2. The Morgan fingerprint density at radius 3 is 2.57 bits per heavy atom. The Bertz CT molecular complexity index is 622.